The zero-order valence-corrected chi connectivity index (χ0v) is 27.1. The van der Waals surface area contributed by atoms with Crippen molar-refractivity contribution in [1.82, 2.24) is 19.7 Å². The molecule has 0 saturated heterocycles. The maximum absolute atomic E-state index is 13.6. The largest absolute Gasteiger partial charge is 0.480 e. The molecule has 2 aromatic carbocycles. The summed E-state index contributed by atoms with van der Waals surface area (Å²) < 4.78 is 40.3. The number of pyridine rings is 1. The maximum atomic E-state index is 13.6. The summed E-state index contributed by atoms with van der Waals surface area (Å²) in [4.78, 5) is 25.1. The zero-order valence-electron chi connectivity index (χ0n) is 26.3. The molecule has 0 aliphatic heterocycles. The van der Waals surface area contributed by atoms with E-state index in [9.17, 15) is 18.3 Å². The van der Waals surface area contributed by atoms with Gasteiger partial charge in [0.1, 0.15) is 4.90 Å². The third-order valence-electron chi connectivity index (χ3n) is 8.29. The maximum Gasteiger partial charge on any atom is 0.335 e. The Morgan fingerprint density at radius 2 is 1.78 bits per heavy atom. The summed E-state index contributed by atoms with van der Waals surface area (Å²) in [5.41, 5.74) is 3.65. The Kier molecular flexibility index (Phi) is 9.26. The van der Waals surface area contributed by atoms with Crippen LogP contribution in [-0.2, 0) is 10.0 Å². The van der Waals surface area contributed by atoms with Crippen LogP contribution < -0.4 is 19.5 Å². The van der Waals surface area contributed by atoms with Crippen LogP contribution in [0.4, 0.5) is 11.4 Å². The molecule has 0 bridgehead atoms. The second-order valence-electron chi connectivity index (χ2n) is 12.1. The Morgan fingerprint density at radius 3 is 2.42 bits per heavy atom. The average Bonchev–Trinajstić information content (AvgIpc) is 3.51. The number of aromatic nitrogens is 3. The van der Waals surface area contributed by atoms with Crippen molar-refractivity contribution in [3.63, 3.8) is 0 Å². The Morgan fingerprint density at radius 1 is 1.00 bits per heavy atom. The highest BCUT2D eigenvalue weighted by Crippen LogP contribution is 2.43. The molecule has 238 valence electrons. The molecular formula is C33H39N5O6S. The van der Waals surface area contributed by atoms with Crippen molar-refractivity contribution in [3.05, 3.63) is 59.9 Å². The normalized spacial score (nSPS) is 16.8. The van der Waals surface area contributed by atoms with E-state index in [-0.39, 0.29) is 34.1 Å². The SMILES string of the molecule is COc1ncc(-c2ccc3c(Nc4cc(C(=O)O)cc(C5CCC(C(C)C)C5)c4)c(S(=O)(=O)NC(C)C)cnc3c2)c(OC)n1. The highest BCUT2D eigenvalue weighted by Gasteiger charge is 2.29. The molecule has 12 heteroatoms. The van der Waals surface area contributed by atoms with Crippen LogP contribution in [0.15, 0.2) is 53.7 Å². The third kappa shape index (κ3) is 6.86. The molecular weight excluding hydrogens is 594 g/mol. The lowest BCUT2D eigenvalue weighted by molar-refractivity contribution is 0.0696. The number of hydrogen-bond donors (Lipinski definition) is 3. The number of sulfonamides is 1. The summed E-state index contributed by atoms with van der Waals surface area (Å²) >= 11 is 0. The molecule has 0 amide bonds. The predicted octanol–water partition coefficient (Wildman–Crippen LogP) is 6.38. The van der Waals surface area contributed by atoms with E-state index >= 15 is 0 Å². The minimum absolute atomic E-state index is 0.0511. The van der Waals surface area contributed by atoms with Gasteiger partial charge in [0, 0.05) is 29.5 Å². The number of ether oxygens (including phenoxy) is 2. The van der Waals surface area contributed by atoms with E-state index in [4.69, 9.17) is 9.47 Å². The van der Waals surface area contributed by atoms with E-state index in [1.165, 1.54) is 26.5 Å². The number of carbonyl (C=O) groups is 1. The Balaban J connectivity index is 1.64. The number of nitrogens with zero attached hydrogens (tertiary/aromatic N) is 3. The van der Waals surface area contributed by atoms with E-state index in [1.54, 1.807) is 44.3 Å². The summed E-state index contributed by atoms with van der Waals surface area (Å²) in [6.07, 6.45) is 5.95. The summed E-state index contributed by atoms with van der Waals surface area (Å²) in [6, 6.07) is 10.4. The van der Waals surface area contributed by atoms with Crippen molar-refractivity contribution >= 4 is 38.3 Å². The molecule has 11 nitrogen and oxygen atoms in total. The molecule has 1 fully saturated rings. The molecule has 1 saturated carbocycles. The molecule has 1 aliphatic carbocycles. The number of aromatic carboxylic acids is 1. The van der Waals surface area contributed by atoms with Crippen LogP contribution in [0, 0.1) is 11.8 Å². The number of carboxylic acids is 1. The first kappa shape index (κ1) is 32.1. The van der Waals surface area contributed by atoms with Gasteiger partial charge in [0.15, 0.2) is 0 Å². The van der Waals surface area contributed by atoms with E-state index < -0.39 is 16.0 Å². The van der Waals surface area contributed by atoms with Crippen LogP contribution in [0.25, 0.3) is 22.0 Å². The number of carboxylic acid groups (broad SMARTS) is 1. The lowest BCUT2D eigenvalue weighted by Gasteiger charge is -2.19. The fourth-order valence-corrected chi connectivity index (χ4v) is 7.37. The molecule has 2 atom stereocenters. The van der Waals surface area contributed by atoms with Crippen LogP contribution in [0.1, 0.15) is 68.8 Å². The number of hydrogen-bond acceptors (Lipinski definition) is 9. The second kappa shape index (κ2) is 13.0. The van der Waals surface area contributed by atoms with Crippen molar-refractivity contribution in [2.45, 2.75) is 63.8 Å². The third-order valence-corrected chi connectivity index (χ3v) is 9.96. The van der Waals surface area contributed by atoms with Gasteiger partial charge in [0.2, 0.25) is 15.9 Å². The number of nitrogens with one attached hydrogen (secondary N) is 2. The first-order chi connectivity index (χ1) is 21.4. The monoisotopic (exact) mass is 633 g/mol. The summed E-state index contributed by atoms with van der Waals surface area (Å²) in [5.74, 6) is 0.610. The van der Waals surface area contributed by atoms with Crippen LogP contribution in [0.3, 0.4) is 0 Å². The van der Waals surface area contributed by atoms with Crippen molar-refractivity contribution in [3.8, 4) is 23.0 Å². The van der Waals surface area contributed by atoms with Crippen molar-refractivity contribution in [1.29, 1.82) is 0 Å². The standard InChI is InChI=1S/C33H39N5O6S/c1-18(2)20-7-8-21(11-20)23-12-24(32(39)40)14-25(13-23)36-30-26-10-9-22(27-16-35-33(44-6)37-31(27)43-5)15-28(26)34-17-29(30)45(41,42)38-19(3)4/h9-10,12-21,38H,7-8,11H2,1-6H3,(H,34,36)(H,39,40). The minimum Gasteiger partial charge on any atom is -0.480 e. The first-order valence-electron chi connectivity index (χ1n) is 15.0. The molecule has 45 heavy (non-hydrogen) atoms. The van der Waals surface area contributed by atoms with E-state index in [0.29, 0.717) is 45.4 Å². The highest BCUT2D eigenvalue weighted by atomic mass is 32.2. The molecule has 2 heterocycles. The molecule has 2 unspecified atom stereocenters. The molecule has 0 radical (unpaired) electrons. The molecule has 4 aromatic rings. The highest BCUT2D eigenvalue weighted by molar-refractivity contribution is 7.89. The second-order valence-corrected chi connectivity index (χ2v) is 13.8. The van der Waals surface area contributed by atoms with Crippen LogP contribution in [0.2, 0.25) is 0 Å². The number of anilines is 2. The summed E-state index contributed by atoms with van der Waals surface area (Å²) in [6.45, 7) is 7.92. The summed E-state index contributed by atoms with van der Waals surface area (Å²) in [5, 5.41) is 13.8. The van der Waals surface area contributed by atoms with Crippen LogP contribution >= 0.6 is 0 Å². The van der Waals surface area contributed by atoms with Crippen molar-refractivity contribution in [2.75, 3.05) is 19.5 Å². The van der Waals surface area contributed by atoms with E-state index in [1.807, 2.05) is 6.07 Å². The van der Waals surface area contributed by atoms with Gasteiger partial charge in [-0.1, -0.05) is 26.0 Å². The molecule has 2 aromatic heterocycles. The van der Waals surface area contributed by atoms with E-state index in [2.05, 4.69) is 38.8 Å². The first-order valence-corrected chi connectivity index (χ1v) is 16.4. The van der Waals surface area contributed by atoms with Gasteiger partial charge in [0.05, 0.1) is 36.6 Å². The Bertz CT molecular complexity index is 1840. The zero-order chi connectivity index (χ0) is 32.5. The molecule has 3 N–H and O–H groups in total. The minimum atomic E-state index is -4.00. The number of methoxy groups -OCH3 is 2. The number of rotatable bonds is 11. The molecule has 0 spiro atoms. The van der Waals surface area contributed by atoms with Crippen molar-refractivity contribution < 1.29 is 27.8 Å². The van der Waals surface area contributed by atoms with E-state index in [0.717, 1.165) is 24.8 Å². The van der Waals surface area contributed by atoms with Gasteiger partial charge in [-0.25, -0.2) is 22.9 Å². The Labute approximate surface area is 263 Å². The average molecular weight is 634 g/mol. The molecule has 5 rings (SSSR count). The molecule has 1 aliphatic rings. The number of benzene rings is 2. The smallest absolute Gasteiger partial charge is 0.335 e. The van der Waals surface area contributed by atoms with Gasteiger partial charge in [-0.05, 0) is 86.3 Å². The lowest BCUT2D eigenvalue weighted by atomic mass is 9.90. The fraction of sp³-hybridized carbons (Fsp3) is 0.394. The fourth-order valence-electron chi connectivity index (χ4n) is 6.00. The van der Waals surface area contributed by atoms with Gasteiger partial charge in [-0.3, -0.25) is 4.98 Å². The van der Waals surface area contributed by atoms with Gasteiger partial charge < -0.3 is 19.9 Å². The quantitative estimate of drug-likeness (QED) is 0.170. The topological polar surface area (TPSA) is 153 Å². The number of fused-ring (bicyclic) bond motifs is 1. The van der Waals surface area contributed by atoms with Crippen LogP contribution in [0.5, 0.6) is 11.9 Å². The lowest BCUT2D eigenvalue weighted by Crippen LogP contribution is -2.30. The van der Waals surface area contributed by atoms with Gasteiger partial charge >= 0.3 is 12.0 Å². The van der Waals surface area contributed by atoms with Crippen LogP contribution in [-0.4, -0.2) is 54.7 Å². The van der Waals surface area contributed by atoms with Gasteiger partial charge in [0.25, 0.3) is 0 Å². The van der Waals surface area contributed by atoms with Gasteiger partial charge in [-0.2, -0.15) is 4.98 Å². The van der Waals surface area contributed by atoms with Gasteiger partial charge in [-0.15, -0.1) is 0 Å². The summed E-state index contributed by atoms with van der Waals surface area (Å²) in [7, 11) is -1.03. The predicted molar refractivity (Wildman–Crippen MR) is 173 cm³/mol. The van der Waals surface area contributed by atoms with Crippen molar-refractivity contribution in [2.24, 2.45) is 11.8 Å². The Hall–Kier alpha value is -4.29.